The molecule has 0 aromatic rings. The van der Waals surface area contributed by atoms with E-state index in [9.17, 15) is 13.5 Å². The predicted octanol–water partition coefficient (Wildman–Crippen LogP) is 0.477. The molecule has 2 aliphatic rings. The molecule has 2 saturated heterocycles. The predicted molar refractivity (Wildman–Crippen MR) is 45.6 cm³/mol. The number of hydrogen-bond donors (Lipinski definition) is 1. The summed E-state index contributed by atoms with van der Waals surface area (Å²) in [6.45, 7) is 0. The summed E-state index contributed by atoms with van der Waals surface area (Å²) in [5.74, 6) is 0. The van der Waals surface area contributed by atoms with Crippen LogP contribution < -0.4 is 0 Å². The lowest BCUT2D eigenvalue weighted by atomic mass is 9.97. The highest BCUT2D eigenvalue weighted by atomic mass is 32.2. The maximum Gasteiger partial charge on any atom is 0.158 e. The topological polar surface area (TPSA) is 54.4 Å². The first kappa shape index (κ1) is 8.51. The molecule has 0 amide bonds. The van der Waals surface area contributed by atoms with E-state index in [0.717, 1.165) is 12.8 Å². The molecule has 2 aliphatic heterocycles. The smallest absolute Gasteiger partial charge is 0.158 e. The number of sulfone groups is 1. The fourth-order valence-electron chi connectivity index (χ4n) is 2.38. The van der Waals surface area contributed by atoms with Gasteiger partial charge in [0.1, 0.15) is 0 Å². The van der Waals surface area contributed by atoms with Crippen molar-refractivity contribution in [1.29, 1.82) is 0 Å². The van der Waals surface area contributed by atoms with Gasteiger partial charge in [0.05, 0.1) is 16.6 Å². The molecule has 3 nitrogen and oxygen atoms in total. The molecular formula is C8H14O3S. The summed E-state index contributed by atoms with van der Waals surface area (Å²) >= 11 is 0. The van der Waals surface area contributed by atoms with Crippen molar-refractivity contribution in [1.82, 2.24) is 0 Å². The molecule has 0 aliphatic carbocycles. The second-order valence-corrected chi connectivity index (χ2v) is 6.28. The van der Waals surface area contributed by atoms with Crippen molar-refractivity contribution in [2.24, 2.45) is 0 Å². The molecule has 2 bridgehead atoms. The van der Waals surface area contributed by atoms with Gasteiger partial charge in [0, 0.05) is 0 Å². The Bertz CT molecular complexity index is 270. The van der Waals surface area contributed by atoms with Gasteiger partial charge in [-0.3, -0.25) is 0 Å². The normalized spacial score (nSPS) is 45.6. The quantitative estimate of drug-likeness (QED) is 0.604. The van der Waals surface area contributed by atoms with E-state index in [1.807, 2.05) is 0 Å². The lowest BCUT2D eigenvalue weighted by Gasteiger charge is -2.37. The number of aliphatic hydroxyl groups excluding tert-OH is 1. The first-order chi connectivity index (χ1) is 5.62. The van der Waals surface area contributed by atoms with Crippen LogP contribution in [-0.4, -0.2) is 30.1 Å². The van der Waals surface area contributed by atoms with E-state index in [4.69, 9.17) is 0 Å². The Balaban J connectivity index is 2.34. The van der Waals surface area contributed by atoms with Gasteiger partial charge in [-0.15, -0.1) is 0 Å². The van der Waals surface area contributed by atoms with Crippen LogP contribution in [0.15, 0.2) is 0 Å². The number of rotatable bonds is 0. The molecule has 0 aromatic heterocycles. The van der Waals surface area contributed by atoms with Crippen molar-refractivity contribution >= 4 is 9.84 Å². The maximum atomic E-state index is 11.6. The van der Waals surface area contributed by atoms with E-state index in [1.54, 1.807) is 0 Å². The summed E-state index contributed by atoms with van der Waals surface area (Å²) in [5.41, 5.74) is 0. The SMILES string of the molecule is O=S1(=O)[C@@H]2CCC[C@@H]1[C@@H](O)CC2. The lowest BCUT2D eigenvalue weighted by Crippen LogP contribution is -2.47. The molecule has 0 saturated carbocycles. The van der Waals surface area contributed by atoms with Gasteiger partial charge in [0.15, 0.2) is 9.84 Å². The van der Waals surface area contributed by atoms with Gasteiger partial charge in [-0.05, 0) is 25.7 Å². The van der Waals surface area contributed by atoms with Crippen molar-refractivity contribution in [2.45, 2.75) is 48.7 Å². The summed E-state index contributed by atoms with van der Waals surface area (Å²) < 4.78 is 23.3. The molecule has 0 spiro atoms. The molecular weight excluding hydrogens is 176 g/mol. The number of hydrogen-bond acceptors (Lipinski definition) is 3. The van der Waals surface area contributed by atoms with Crippen molar-refractivity contribution in [3.63, 3.8) is 0 Å². The Hall–Kier alpha value is -0.0900. The van der Waals surface area contributed by atoms with Gasteiger partial charge in [0.2, 0.25) is 0 Å². The van der Waals surface area contributed by atoms with Crippen LogP contribution in [0.25, 0.3) is 0 Å². The van der Waals surface area contributed by atoms with Crippen LogP contribution in [0.1, 0.15) is 32.1 Å². The van der Waals surface area contributed by atoms with Crippen molar-refractivity contribution in [3.05, 3.63) is 0 Å². The van der Waals surface area contributed by atoms with Gasteiger partial charge in [-0.2, -0.15) is 0 Å². The zero-order valence-electron chi connectivity index (χ0n) is 6.94. The fourth-order valence-corrected chi connectivity index (χ4v) is 4.91. The summed E-state index contributed by atoms with van der Waals surface area (Å²) in [4.78, 5) is 0. The van der Waals surface area contributed by atoms with Crippen LogP contribution in [0.5, 0.6) is 0 Å². The minimum Gasteiger partial charge on any atom is -0.392 e. The molecule has 0 unspecified atom stereocenters. The Morgan fingerprint density at radius 1 is 1.08 bits per heavy atom. The van der Waals surface area contributed by atoms with Crippen LogP contribution in [0.4, 0.5) is 0 Å². The Morgan fingerprint density at radius 3 is 2.50 bits per heavy atom. The number of aliphatic hydroxyl groups is 1. The standard InChI is InChI=1S/C8H14O3S/c9-7-5-4-6-2-1-3-8(7)12(6,10)11/h6-9H,1-5H2/t6-,7+,8-/m1/s1. The summed E-state index contributed by atoms with van der Waals surface area (Å²) in [7, 11) is -2.96. The Morgan fingerprint density at radius 2 is 1.83 bits per heavy atom. The monoisotopic (exact) mass is 190 g/mol. The molecule has 0 aromatic carbocycles. The van der Waals surface area contributed by atoms with E-state index in [-0.39, 0.29) is 5.25 Å². The second-order valence-electron chi connectivity index (χ2n) is 3.83. The van der Waals surface area contributed by atoms with Gasteiger partial charge in [0.25, 0.3) is 0 Å². The molecule has 3 atom stereocenters. The van der Waals surface area contributed by atoms with Gasteiger partial charge < -0.3 is 5.11 Å². The average Bonchev–Trinajstić information content (AvgIpc) is 1.95. The highest BCUT2D eigenvalue weighted by molar-refractivity contribution is 7.92. The van der Waals surface area contributed by atoms with E-state index < -0.39 is 21.2 Å². The van der Waals surface area contributed by atoms with Crippen molar-refractivity contribution in [2.75, 3.05) is 0 Å². The molecule has 2 heterocycles. The third kappa shape index (κ3) is 1.09. The third-order valence-corrected chi connectivity index (χ3v) is 5.91. The molecule has 1 N–H and O–H groups in total. The van der Waals surface area contributed by atoms with Gasteiger partial charge >= 0.3 is 0 Å². The molecule has 2 rings (SSSR count). The van der Waals surface area contributed by atoms with Gasteiger partial charge in [-0.1, -0.05) is 6.42 Å². The zero-order chi connectivity index (χ0) is 8.77. The largest absolute Gasteiger partial charge is 0.392 e. The zero-order valence-corrected chi connectivity index (χ0v) is 7.76. The van der Waals surface area contributed by atoms with Crippen LogP contribution in [0, 0.1) is 0 Å². The Labute approximate surface area is 72.7 Å². The minimum absolute atomic E-state index is 0.139. The van der Waals surface area contributed by atoms with E-state index in [1.165, 1.54) is 0 Å². The average molecular weight is 190 g/mol. The Kier molecular flexibility index (Phi) is 1.92. The van der Waals surface area contributed by atoms with Crippen LogP contribution in [0.3, 0.4) is 0 Å². The highest BCUT2D eigenvalue weighted by Crippen LogP contribution is 2.36. The lowest BCUT2D eigenvalue weighted by molar-refractivity contribution is 0.134. The molecule has 12 heavy (non-hydrogen) atoms. The molecule has 4 heteroatoms. The fraction of sp³-hybridized carbons (Fsp3) is 1.00. The number of fused-ring (bicyclic) bond motifs is 2. The first-order valence-electron chi connectivity index (χ1n) is 4.53. The van der Waals surface area contributed by atoms with Crippen molar-refractivity contribution < 1.29 is 13.5 Å². The maximum absolute atomic E-state index is 11.6. The van der Waals surface area contributed by atoms with E-state index in [2.05, 4.69) is 0 Å². The molecule has 2 fully saturated rings. The van der Waals surface area contributed by atoms with Gasteiger partial charge in [-0.25, -0.2) is 8.42 Å². The molecule has 70 valence electrons. The molecule has 0 radical (unpaired) electrons. The second kappa shape index (κ2) is 2.70. The highest BCUT2D eigenvalue weighted by Gasteiger charge is 2.45. The van der Waals surface area contributed by atoms with Crippen LogP contribution in [0.2, 0.25) is 0 Å². The van der Waals surface area contributed by atoms with E-state index in [0.29, 0.717) is 19.3 Å². The van der Waals surface area contributed by atoms with Crippen LogP contribution >= 0.6 is 0 Å². The summed E-state index contributed by atoms with van der Waals surface area (Å²) in [6, 6.07) is 0. The summed E-state index contributed by atoms with van der Waals surface area (Å²) in [5, 5.41) is 8.90. The van der Waals surface area contributed by atoms with Crippen LogP contribution in [-0.2, 0) is 9.84 Å². The minimum atomic E-state index is -2.96. The van der Waals surface area contributed by atoms with E-state index >= 15 is 0 Å². The van der Waals surface area contributed by atoms with Crippen molar-refractivity contribution in [3.8, 4) is 0 Å². The third-order valence-electron chi connectivity index (χ3n) is 3.11. The first-order valence-corrected chi connectivity index (χ1v) is 6.14. The summed E-state index contributed by atoms with van der Waals surface area (Å²) in [6.07, 6.45) is 3.19.